The molecule has 144 valence electrons. The molecule has 0 spiro atoms. The molecule has 0 saturated carbocycles. The Labute approximate surface area is 161 Å². The van der Waals surface area contributed by atoms with Crippen LogP contribution in [0.25, 0.3) is 0 Å². The van der Waals surface area contributed by atoms with Crippen LogP contribution < -0.4 is 11.1 Å². The summed E-state index contributed by atoms with van der Waals surface area (Å²) in [6, 6.07) is 8.22. The van der Waals surface area contributed by atoms with Gasteiger partial charge in [-0.3, -0.25) is 9.59 Å². The smallest absolute Gasteiger partial charge is 0.224 e. The summed E-state index contributed by atoms with van der Waals surface area (Å²) in [6.07, 6.45) is 4.85. The van der Waals surface area contributed by atoms with Gasteiger partial charge in [-0.05, 0) is 50.2 Å². The molecule has 4 nitrogen and oxygen atoms in total. The monoisotopic (exact) mass is 376 g/mol. The van der Waals surface area contributed by atoms with Crippen LogP contribution in [0.15, 0.2) is 24.3 Å². The van der Waals surface area contributed by atoms with Crippen molar-refractivity contribution >= 4 is 23.5 Å². The van der Waals surface area contributed by atoms with E-state index in [0.717, 1.165) is 31.4 Å². The summed E-state index contributed by atoms with van der Waals surface area (Å²) in [5.41, 5.74) is 8.43. The highest BCUT2D eigenvalue weighted by atomic mass is 32.2. The number of fused-ring (bicyclic) bond motifs is 1. The Bertz CT molecular complexity index is 620. The van der Waals surface area contributed by atoms with Gasteiger partial charge >= 0.3 is 0 Å². The number of ketones is 1. The predicted molar refractivity (Wildman–Crippen MR) is 109 cm³/mol. The fourth-order valence-electron chi connectivity index (χ4n) is 3.30. The highest BCUT2D eigenvalue weighted by Crippen LogP contribution is 2.30. The maximum absolute atomic E-state index is 12.6. The van der Waals surface area contributed by atoms with Gasteiger partial charge < -0.3 is 11.1 Å². The number of amides is 1. The third-order valence-electron chi connectivity index (χ3n) is 5.17. The molecule has 0 saturated heterocycles. The summed E-state index contributed by atoms with van der Waals surface area (Å²) in [5.74, 6) is 0.934. The van der Waals surface area contributed by atoms with E-state index in [1.54, 1.807) is 11.8 Å². The van der Waals surface area contributed by atoms with Crippen molar-refractivity contribution in [2.75, 3.05) is 5.75 Å². The molecule has 0 fully saturated rings. The van der Waals surface area contributed by atoms with E-state index in [0.29, 0.717) is 11.7 Å². The standard InChI is InChI=1S/C21H32N2O2S/c1-14(13-26-15(2)11-12-19(22)16(3)24)21(25)23-20-10-6-8-17-7-4-5-9-18(17)20/h4-5,7,9,14-15,19-20H,6,8,10-13,22H2,1-3H3,(H,23,25). The van der Waals surface area contributed by atoms with Crippen LogP contribution >= 0.6 is 11.8 Å². The maximum atomic E-state index is 12.6. The minimum atomic E-state index is -0.356. The molecule has 2 rings (SSSR count). The summed E-state index contributed by atoms with van der Waals surface area (Å²) < 4.78 is 0. The normalized spacial score (nSPS) is 19.9. The van der Waals surface area contributed by atoms with Crippen molar-refractivity contribution < 1.29 is 9.59 Å². The maximum Gasteiger partial charge on any atom is 0.224 e. The quantitative estimate of drug-likeness (QED) is 0.690. The van der Waals surface area contributed by atoms with Crippen LogP contribution in [0.5, 0.6) is 0 Å². The Kier molecular flexibility index (Phi) is 8.16. The second kappa shape index (κ2) is 10.1. The Hall–Kier alpha value is -1.33. The predicted octanol–water partition coefficient (Wildman–Crippen LogP) is 3.63. The van der Waals surface area contributed by atoms with E-state index in [4.69, 9.17) is 5.73 Å². The van der Waals surface area contributed by atoms with E-state index in [1.807, 2.05) is 6.92 Å². The molecule has 3 N–H and O–H groups in total. The van der Waals surface area contributed by atoms with Crippen LogP contribution in [0.3, 0.4) is 0 Å². The van der Waals surface area contributed by atoms with E-state index in [-0.39, 0.29) is 29.7 Å². The van der Waals surface area contributed by atoms with E-state index in [2.05, 4.69) is 36.5 Å². The van der Waals surface area contributed by atoms with Crippen LogP contribution in [0.1, 0.15) is 63.6 Å². The number of hydrogen-bond acceptors (Lipinski definition) is 4. The van der Waals surface area contributed by atoms with Crippen molar-refractivity contribution in [2.45, 2.75) is 70.2 Å². The Morgan fingerprint density at radius 3 is 2.73 bits per heavy atom. The first-order chi connectivity index (χ1) is 12.4. The van der Waals surface area contributed by atoms with Crippen molar-refractivity contribution in [2.24, 2.45) is 11.7 Å². The molecule has 0 radical (unpaired) electrons. The second-order valence-corrected chi connectivity index (χ2v) is 8.96. The summed E-state index contributed by atoms with van der Waals surface area (Å²) in [7, 11) is 0. The highest BCUT2D eigenvalue weighted by molar-refractivity contribution is 7.99. The topological polar surface area (TPSA) is 72.2 Å². The molecule has 1 aromatic carbocycles. The van der Waals surface area contributed by atoms with Crippen molar-refractivity contribution in [3.63, 3.8) is 0 Å². The van der Waals surface area contributed by atoms with Crippen LogP contribution in [0.2, 0.25) is 0 Å². The minimum absolute atomic E-state index is 0.0296. The summed E-state index contributed by atoms with van der Waals surface area (Å²) in [6.45, 7) is 5.67. The van der Waals surface area contributed by atoms with Gasteiger partial charge in [0.05, 0.1) is 12.1 Å². The van der Waals surface area contributed by atoms with Gasteiger partial charge in [0.15, 0.2) is 0 Å². The largest absolute Gasteiger partial charge is 0.349 e. The first kappa shape index (κ1) is 21.0. The lowest BCUT2D eigenvalue weighted by Gasteiger charge is -2.27. The van der Waals surface area contributed by atoms with Gasteiger partial charge in [0, 0.05) is 16.9 Å². The molecule has 1 aliphatic carbocycles. The molecule has 0 aliphatic heterocycles. The van der Waals surface area contributed by atoms with Crippen LogP contribution in [-0.2, 0) is 16.0 Å². The molecule has 1 aromatic rings. The molecule has 0 bridgehead atoms. The average Bonchev–Trinajstić information content (AvgIpc) is 2.64. The highest BCUT2D eigenvalue weighted by Gasteiger charge is 2.24. The Morgan fingerprint density at radius 1 is 1.27 bits per heavy atom. The molecular weight excluding hydrogens is 344 g/mol. The SMILES string of the molecule is CC(=O)C(N)CCC(C)SCC(C)C(=O)NC1CCCc2ccccc21. The van der Waals surface area contributed by atoms with E-state index >= 15 is 0 Å². The van der Waals surface area contributed by atoms with Gasteiger partial charge in [0.1, 0.15) is 5.78 Å². The van der Waals surface area contributed by atoms with E-state index in [9.17, 15) is 9.59 Å². The number of carbonyl (C=O) groups excluding carboxylic acids is 2. The lowest BCUT2D eigenvalue weighted by atomic mass is 9.87. The fourth-order valence-corrected chi connectivity index (χ4v) is 4.37. The molecule has 1 aliphatic rings. The molecule has 5 heteroatoms. The zero-order valence-corrected chi connectivity index (χ0v) is 17.0. The minimum Gasteiger partial charge on any atom is -0.349 e. The number of nitrogens with one attached hydrogen (secondary N) is 1. The first-order valence-corrected chi connectivity index (χ1v) is 10.7. The third-order valence-corrected chi connectivity index (χ3v) is 6.67. The number of nitrogens with two attached hydrogens (primary N) is 1. The van der Waals surface area contributed by atoms with Crippen LogP contribution in [0.4, 0.5) is 0 Å². The van der Waals surface area contributed by atoms with E-state index < -0.39 is 0 Å². The van der Waals surface area contributed by atoms with Crippen molar-refractivity contribution in [3.8, 4) is 0 Å². The number of carbonyl (C=O) groups is 2. The molecule has 0 heterocycles. The van der Waals surface area contributed by atoms with Gasteiger partial charge in [0.25, 0.3) is 0 Å². The van der Waals surface area contributed by atoms with Gasteiger partial charge in [-0.25, -0.2) is 0 Å². The van der Waals surface area contributed by atoms with Gasteiger partial charge in [-0.2, -0.15) is 11.8 Å². The lowest BCUT2D eigenvalue weighted by molar-refractivity contribution is -0.124. The molecule has 4 unspecified atom stereocenters. The number of rotatable bonds is 9. The van der Waals surface area contributed by atoms with E-state index in [1.165, 1.54) is 18.1 Å². The zero-order chi connectivity index (χ0) is 19.1. The average molecular weight is 377 g/mol. The molecule has 0 aromatic heterocycles. The summed E-state index contributed by atoms with van der Waals surface area (Å²) >= 11 is 1.79. The fraction of sp³-hybridized carbons (Fsp3) is 0.619. The summed E-state index contributed by atoms with van der Waals surface area (Å²) in [4.78, 5) is 23.8. The van der Waals surface area contributed by atoms with Gasteiger partial charge in [-0.15, -0.1) is 0 Å². The molecule has 1 amide bonds. The third kappa shape index (κ3) is 6.13. The van der Waals surface area contributed by atoms with Crippen molar-refractivity contribution in [3.05, 3.63) is 35.4 Å². The first-order valence-electron chi connectivity index (χ1n) is 9.64. The number of benzene rings is 1. The number of aryl methyl sites for hydroxylation is 1. The number of Topliss-reactive ketones (excluding diaryl/α,β-unsaturated/α-hetero) is 1. The zero-order valence-electron chi connectivity index (χ0n) is 16.2. The van der Waals surface area contributed by atoms with Crippen LogP contribution in [-0.4, -0.2) is 28.7 Å². The lowest BCUT2D eigenvalue weighted by Crippen LogP contribution is -2.35. The molecule has 26 heavy (non-hydrogen) atoms. The van der Waals surface area contributed by atoms with Gasteiger partial charge in [-0.1, -0.05) is 38.1 Å². The number of thioether (sulfide) groups is 1. The second-order valence-electron chi connectivity index (χ2n) is 7.49. The molecule has 4 atom stereocenters. The van der Waals surface area contributed by atoms with Crippen molar-refractivity contribution in [1.82, 2.24) is 5.32 Å². The Balaban J connectivity index is 1.77. The van der Waals surface area contributed by atoms with Gasteiger partial charge in [0.2, 0.25) is 5.91 Å². The Morgan fingerprint density at radius 2 is 2.00 bits per heavy atom. The number of hydrogen-bond donors (Lipinski definition) is 2. The molecular formula is C21H32N2O2S. The van der Waals surface area contributed by atoms with Crippen LogP contribution in [0, 0.1) is 5.92 Å². The van der Waals surface area contributed by atoms with Crippen molar-refractivity contribution in [1.29, 1.82) is 0 Å². The summed E-state index contributed by atoms with van der Waals surface area (Å²) in [5, 5.41) is 3.64.